The molecule has 5 aromatic rings. The molecule has 0 aliphatic heterocycles. The summed E-state index contributed by atoms with van der Waals surface area (Å²) in [6, 6.07) is 11.2. The van der Waals surface area contributed by atoms with Gasteiger partial charge in [-0.3, -0.25) is 0 Å². The number of para-hydroxylation sites is 1. The zero-order valence-corrected chi connectivity index (χ0v) is 15.5. The molecular weight excluding hydrogens is 379 g/mol. The Balaban J connectivity index is 1.89. The van der Waals surface area contributed by atoms with E-state index in [1.807, 2.05) is 25.1 Å². The van der Waals surface area contributed by atoms with Crippen molar-refractivity contribution in [2.24, 2.45) is 7.05 Å². The molecule has 5 rings (SSSR count). The first kappa shape index (κ1) is 17.4. The summed E-state index contributed by atoms with van der Waals surface area (Å²) in [4.78, 5) is 3.70. The van der Waals surface area contributed by atoms with E-state index in [1.165, 1.54) is 31.4 Å². The minimum atomic E-state index is -0.645. The van der Waals surface area contributed by atoms with Gasteiger partial charge >= 0.3 is 0 Å². The lowest BCUT2D eigenvalue weighted by Crippen LogP contribution is -1.99. The lowest BCUT2D eigenvalue weighted by atomic mass is 10.0. The van der Waals surface area contributed by atoms with E-state index in [0.717, 1.165) is 21.1 Å². The number of nitrogens with zero attached hydrogens (tertiary/aromatic N) is 5. The van der Waals surface area contributed by atoms with Gasteiger partial charge in [0.15, 0.2) is 5.82 Å². The second kappa shape index (κ2) is 6.16. The third kappa shape index (κ3) is 2.52. The van der Waals surface area contributed by atoms with Gasteiger partial charge in [0.05, 0.1) is 22.8 Å². The molecule has 144 valence electrons. The van der Waals surface area contributed by atoms with Gasteiger partial charge in [0.25, 0.3) is 0 Å². The van der Waals surface area contributed by atoms with Crippen molar-refractivity contribution in [1.29, 1.82) is 0 Å². The van der Waals surface area contributed by atoms with Gasteiger partial charge in [0, 0.05) is 18.0 Å². The summed E-state index contributed by atoms with van der Waals surface area (Å²) in [5.74, 6) is -1.85. The maximum absolute atomic E-state index is 14.8. The maximum atomic E-state index is 14.8. The molecule has 0 spiro atoms. The van der Waals surface area contributed by atoms with Gasteiger partial charge in [0.2, 0.25) is 11.9 Å². The van der Waals surface area contributed by atoms with Crippen molar-refractivity contribution in [2.45, 2.75) is 6.92 Å². The van der Waals surface area contributed by atoms with Crippen LogP contribution in [0.25, 0.3) is 38.8 Å². The van der Waals surface area contributed by atoms with Crippen LogP contribution < -0.4 is 0 Å². The van der Waals surface area contributed by atoms with Crippen LogP contribution in [0.3, 0.4) is 0 Å². The topological polar surface area (TPSA) is 48.5 Å². The van der Waals surface area contributed by atoms with Crippen LogP contribution in [-0.4, -0.2) is 24.5 Å². The highest BCUT2D eigenvalue weighted by Crippen LogP contribution is 2.37. The number of aromatic nitrogens is 5. The quantitative estimate of drug-likeness (QED) is 0.409. The summed E-state index contributed by atoms with van der Waals surface area (Å²) in [5.41, 5.74) is 3.11. The van der Waals surface area contributed by atoms with Crippen LogP contribution >= 0.6 is 0 Å². The number of pyridine rings is 1. The fourth-order valence-electron chi connectivity index (χ4n) is 3.64. The van der Waals surface area contributed by atoms with Crippen molar-refractivity contribution in [1.82, 2.24) is 24.5 Å². The maximum Gasteiger partial charge on any atom is 0.219 e. The average molecular weight is 393 g/mol. The molecule has 0 unspecified atom stereocenters. The van der Waals surface area contributed by atoms with Crippen LogP contribution in [0.1, 0.15) is 5.56 Å². The Bertz CT molecular complexity index is 1400. The van der Waals surface area contributed by atoms with Crippen molar-refractivity contribution in [2.75, 3.05) is 0 Å². The molecule has 8 heteroatoms. The Morgan fingerprint density at radius 2 is 1.76 bits per heavy atom. The molecule has 0 bridgehead atoms. The van der Waals surface area contributed by atoms with Gasteiger partial charge in [-0.15, -0.1) is 0 Å². The minimum absolute atomic E-state index is 0.0544. The summed E-state index contributed by atoms with van der Waals surface area (Å²) in [7, 11) is 1.42. The normalized spacial score (nSPS) is 11.6. The van der Waals surface area contributed by atoms with Gasteiger partial charge < -0.3 is 0 Å². The van der Waals surface area contributed by atoms with Crippen molar-refractivity contribution in [3.8, 4) is 16.9 Å². The lowest BCUT2D eigenvalue weighted by molar-refractivity contribution is 0.511. The van der Waals surface area contributed by atoms with E-state index in [2.05, 4.69) is 15.2 Å². The monoisotopic (exact) mass is 393 g/mol. The minimum Gasteiger partial charge on any atom is -0.241 e. The third-order valence-electron chi connectivity index (χ3n) is 4.99. The van der Waals surface area contributed by atoms with Crippen molar-refractivity contribution in [3.05, 3.63) is 71.9 Å². The first-order chi connectivity index (χ1) is 14.0. The standard InChI is InChI=1S/C21H14F3N5/c1-11-4-3-5-14-18(27-29(20(11)14)12-6-9-16(23)25-10-12)13-7-8-15(22)19-17(13)21(24)28(2)26-19/h3-10H,1-2H3. The molecule has 0 radical (unpaired) electrons. The SMILES string of the molecule is Cc1cccc2c(-c3ccc(F)c4nn(C)c(F)c34)nn(-c3ccc(F)nc3)c12. The predicted molar refractivity (Wildman–Crippen MR) is 103 cm³/mol. The summed E-state index contributed by atoms with van der Waals surface area (Å²) in [6.45, 7) is 1.92. The van der Waals surface area contributed by atoms with E-state index < -0.39 is 17.7 Å². The molecule has 3 heterocycles. The van der Waals surface area contributed by atoms with Gasteiger partial charge in [-0.05, 0) is 36.8 Å². The summed E-state index contributed by atoms with van der Waals surface area (Å²) >= 11 is 0. The van der Waals surface area contributed by atoms with E-state index in [4.69, 9.17) is 0 Å². The molecule has 5 nitrogen and oxygen atoms in total. The predicted octanol–water partition coefficient (Wildman–Crippen LogP) is 4.70. The smallest absolute Gasteiger partial charge is 0.219 e. The zero-order chi connectivity index (χ0) is 20.3. The van der Waals surface area contributed by atoms with Crippen LogP contribution in [0.5, 0.6) is 0 Å². The molecule has 0 saturated heterocycles. The molecule has 0 fully saturated rings. The first-order valence-corrected chi connectivity index (χ1v) is 8.87. The Kier molecular flexibility index (Phi) is 3.70. The number of benzene rings is 2. The summed E-state index contributed by atoms with van der Waals surface area (Å²) in [5, 5.41) is 9.45. The molecule has 0 aliphatic carbocycles. The number of rotatable bonds is 2. The van der Waals surface area contributed by atoms with E-state index >= 15 is 0 Å². The Morgan fingerprint density at radius 3 is 2.52 bits per heavy atom. The van der Waals surface area contributed by atoms with Crippen LogP contribution in [0, 0.1) is 24.6 Å². The van der Waals surface area contributed by atoms with Crippen molar-refractivity contribution >= 4 is 21.8 Å². The largest absolute Gasteiger partial charge is 0.241 e. The zero-order valence-electron chi connectivity index (χ0n) is 15.5. The summed E-state index contributed by atoms with van der Waals surface area (Å²) < 4.78 is 45.0. The lowest BCUT2D eigenvalue weighted by Gasteiger charge is -2.04. The highest BCUT2D eigenvalue weighted by molar-refractivity contribution is 6.04. The second-order valence-corrected chi connectivity index (χ2v) is 6.80. The Hall–Kier alpha value is -3.68. The average Bonchev–Trinajstić information content (AvgIpc) is 3.24. The Labute approximate surface area is 163 Å². The molecule has 0 atom stereocenters. The van der Waals surface area contributed by atoms with Gasteiger partial charge in [-0.1, -0.05) is 18.2 Å². The van der Waals surface area contributed by atoms with Crippen LogP contribution in [0.15, 0.2) is 48.7 Å². The van der Waals surface area contributed by atoms with E-state index in [9.17, 15) is 13.2 Å². The van der Waals surface area contributed by atoms with E-state index in [1.54, 1.807) is 10.7 Å². The van der Waals surface area contributed by atoms with Gasteiger partial charge in [0.1, 0.15) is 11.2 Å². The van der Waals surface area contributed by atoms with Crippen molar-refractivity contribution in [3.63, 3.8) is 0 Å². The van der Waals surface area contributed by atoms with Crippen molar-refractivity contribution < 1.29 is 13.2 Å². The number of hydrogen-bond acceptors (Lipinski definition) is 3. The van der Waals surface area contributed by atoms with Gasteiger partial charge in [-0.25, -0.2) is 18.7 Å². The third-order valence-corrected chi connectivity index (χ3v) is 4.99. The molecular formula is C21H14F3N5. The second-order valence-electron chi connectivity index (χ2n) is 6.80. The molecule has 2 aromatic carbocycles. The molecule has 3 aromatic heterocycles. The van der Waals surface area contributed by atoms with Gasteiger partial charge in [-0.2, -0.15) is 19.0 Å². The van der Waals surface area contributed by atoms with E-state index in [-0.39, 0.29) is 10.9 Å². The van der Waals surface area contributed by atoms with E-state index in [0.29, 0.717) is 16.9 Å². The fourth-order valence-corrected chi connectivity index (χ4v) is 3.64. The Morgan fingerprint density at radius 1 is 0.931 bits per heavy atom. The number of hydrogen-bond donors (Lipinski definition) is 0. The highest BCUT2D eigenvalue weighted by atomic mass is 19.1. The summed E-state index contributed by atoms with van der Waals surface area (Å²) in [6.07, 6.45) is 1.38. The van der Waals surface area contributed by atoms with Crippen LogP contribution in [0.4, 0.5) is 13.2 Å². The van der Waals surface area contributed by atoms with Crippen LogP contribution in [-0.2, 0) is 7.05 Å². The molecule has 0 amide bonds. The fraction of sp³-hybridized carbons (Fsp3) is 0.0952. The number of aryl methyl sites for hydroxylation is 2. The van der Waals surface area contributed by atoms with Crippen LogP contribution in [0.2, 0.25) is 0 Å². The number of fused-ring (bicyclic) bond motifs is 2. The highest BCUT2D eigenvalue weighted by Gasteiger charge is 2.22. The molecule has 0 aliphatic rings. The molecule has 0 N–H and O–H groups in total. The number of halogens is 3. The molecule has 0 saturated carbocycles. The first-order valence-electron chi connectivity index (χ1n) is 8.87. The molecule has 29 heavy (non-hydrogen) atoms.